The van der Waals surface area contributed by atoms with E-state index in [1.807, 2.05) is 112 Å². The third-order valence-corrected chi connectivity index (χ3v) is 14.5. The number of halogens is 1. The summed E-state index contributed by atoms with van der Waals surface area (Å²) in [6.07, 6.45) is 2.79. The van der Waals surface area contributed by atoms with Crippen molar-refractivity contribution >= 4 is 55.9 Å². The summed E-state index contributed by atoms with van der Waals surface area (Å²) in [4.78, 5) is 63.4. The summed E-state index contributed by atoms with van der Waals surface area (Å²) >= 11 is 8.07. The largest absolute Gasteiger partial charge is 0.497 e. The number of thiazole rings is 1. The van der Waals surface area contributed by atoms with Gasteiger partial charge < -0.3 is 29.3 Å². The van der Waals surface area contributed by atoms with Crippen molar-refractivity contribution in [2.45, 2.75) is 39.7 Å². The van der Waals surface area contributed by atoms with Crippen LogP contribution in [0.15, 0.2) is 138 Å². The number of benzene rings is 5. The van der Waals surface area contributed by atoms with Crippen LogP contribution in [-0.4, -0.2) is 119 Å². The van der Waals surface area contributed by atoms with E-state index < -0.39 is 6.04 Å². The SMILES string of the molecule is COc1ccc(OCCN2CCN(CCCOc3ccc(C(=O)NCCCN(C(=O)c4ccc(C)cc4)[C@@H](c4nc5cc(Cl)ccc5c(=O)n4-c4ccccc4)C(C)C)cn3)CC2)c(-c2nc3ccccc3s2)c1. The first-order valence-electron chi connectivity index (χ1n) is 25.2. The van der Waals surface area contributed by atoms with Crippen molar-refractivity contribution in [2.75, 3.05) is 72.7 Å². The smallest absolute Gasteiger partial charge is 0.266 e. The Morgan fingerprint density at radius 2 is 1.53 bits per heavy atom. The van der Waals surface area contributed by atoms with Gasteiger partial charge in [-0.3, -0.25) is 23.9 Å². The molecule has 14 nitrogen and oxygen atoms in total. The second kappa shape index (κ2) is 24.2. The first kappa shape index (κ1) is 51.7. The van der Waals surface area contributed by atoms with Crippen molar-refractivity contribution in [3.8, 4) is 33.6 Å². The van der Waals surface area contributed by atoms with E-state index in [2.05, 4.69) is 26.2 Å². The Bertz CT molecular complexity index is 3220. The van der Waals surface area contributed by atoms with E-state index in [9.17, 15) is 14.4 Å². The summed E-state index contributed by atoms with van der Waals surface area (Å²) in [5.74, 6) is 1.78. The van der Waals surface area contributed by atoms with Gasteiger partial charge in [-0.25, -0.2) is 15.0 Å². The summed E-state index contributed by atoms with van der Waals surface area (Å²) in [5.41, 5.74) is 4.67. The highest BCUT2D eigenvalue weighted by atomic mass is 35.5. The fourth-order valence-corrected chi connectivity index (χ4v) is 10.4. The number of rotatable bonds is 21. The van der Waals surface area contributed by atoms with Crippen molar-refractivity contribution in [3.05, 3.63) is 171 Å². The average Bonchev–Trinajstić information content (AvgIpc) is 3.86. The molecule has 382 valence electrons. The molecule has 4 heterocycles. The van der Waals surface area contributed by atoms with E-state index in [1.54, 1.807) is 58.2 Å². The molecule has 1 atom stereocenters. The maximum Gasteiger partial charge on any atom is 0.266 e. The highest BCUT2D eigenvalue weighted by Crippen LogP contribution is 2.38. The Morgan fingerprint density at radius 3 is 2.26 bits per heavy atom. The van der Waals surface area contributed by atoms with Crippen LogP contribution < -0.4 is 25.1 Å². The predicted octanol–water partition coefficient (Wildman–Crippen LogP) is 10.2. The Balaban J connectivity index is 0.748. The molecule has 1 aliphatic rings. The van der Waals surface area contributed by atoms with E-state index >= 15 is 0 Å². The van der Waals surface area contributed by atoms with E-state index in [4.69, 9.17) is 35.8 Å². The van der Waals surface area contributed by atoms with Crippen LogP contribution in [0.1, 0.15) is 64.8 Å². The molecule has 5 aromatic carbocycles. The summed E-state index contributed by atoms with van der Waals surface area (Å²) in [7, 11) is 1.67. The predicted molar refractivity (Wildman–Crippen MR) is 293 cm³/mol. The Hall–Kier alpha value is -7.17. The second-order valence-corrected chi connectivity index (χ2v) is 20.2. The maximum atomic E-state index is 14.6. The number of pyridine rings is 1. The van der Waals surface area contributed by atoms with Gasteiger partial charge in [0.2, 0.25) is 5.88 Å². The van der Waals surface area contributed by atoms with Gasteiger partial charge in [-0.2, -0.15) is 0 Å². The van der Waals surface area contributed by atoms with Crippen molar-refractivity contribution in [3.63, 3.8) is 0 Å². The number of nitrogens with zero attached hydrogens (tertiary/aromatic N) is 7. The normalized spacial score (nSPS) is 13.5. The standard InChI is InChI=1S/C58H61ClN8O6S/c1-39(2)53(54-62-49-36-43(59)21-23-46(49)58(70)67(54)44-12-6-5-7-13-44)66(57(69)41-18-16-40(3)17-19-41)28-10-26-60-55(68)42-20-25-52(61-38-42)73-34-11-27-64-29-31-65(32-30-64)33-35-72-50-24-22-45(71-4)37-47(50)56-63-48-14-8-9-15-51(48)74-56/h5-9,12-25,36-39,53H,10-11,26-35H2,1-4H3,(H,60,68)/t53-/m1/s1. The topological polar surface area (TPSA) is 144 Å². The molecule has 0 unspecified atom stereocenters. The molecule has 8 aromatic rings. The first-order valence-corrected chi connectivity index (χ1v) is 26.4. The van der Waals surface area contributed by atoms with Crippen LogP contribution in [0.5, 0.6) is 17.4 Å². The van der Waals surface area contributed by atoms with E-state index in [0.29, 0.717) is 64.1 Å². The molecule has 9 rings (SSSR count). The molecule has 3 aromatic heterocycles. The molecule has 1 aliphatic heterocycles. The number of aryl methyl sites for hydroxylation is 1. The molecule has 0 bridgehead atoms. The molecule has 2 amide bonds. The number of hydrogen-bond acceptors (Lipinski definition) is 12. The fraction of sp³-hybridized carbons (Fsp3) is 0.310. The van der Waals surface area contributed by atoms with Crippen molar-refractivity contribution in [1.82, 2.24) is 39.5 Å². The molecular weight excluding hydrogens is 972 g/mol. The van der Waals surface area contributed by atoms with Crippen molar-refractivity contribution in [2.24, 2.45) is 5.92 Å². The summed E-state index contributed by atoms with van der Waals surface area (Å²) in [5, 5.41) is 4.79. The lowest BCUT2D eigenvalue weighted by Gasteiger charge is -2.35. The minimum Gasteiger partial charge on any atom is -0.497 e. The quantitative estimate of drug-likeness (QED) is 0.0687. The number of ether oxygens (including phenoxy) is 3. The third-order valence-electron chi connectivity index (χ3n) is 13.2. The first-order chi connectivity index (χ1) is 36.0. The average molecular weight is 1030 g/mol. The summed E-state index contributed by atoms with van der Waals surface area (Å²) in [6.45, 7) is 13.2. The van der Waals surface area contributed by atoms with Crippen LogP contribution in [0.3, 0.4) is 0 Å². The molecule has 0 spiro atoms. The van der Waals surface area contributed by atoms with Gasteiger partial charge in [0.25, 0.3) is 17.4 Å². The minimum absolute atomic E-state index is 0.171. The Labute approximate surface area is 440 Å². The van der Waals surface area contributed by atoms with Crippen LogP contribution in [0.25, 0.3) is 37.4 Å². The molecule has 0 radical (unpaired) electrons. The molecule has 16 heteroatoms. The number of amides is 2. The molecule has 0 saturated carbocycles. The molecule has 1 N–H and O–H groups in total. The van der Waals surface area contributed by atoms with Gasteiger partial charge in [0, 0.05) is 75.2 Å². The highest BCUT2D eigenvalue weighted by molar-refractivity contribution is 7.21. The van der Waals surface area contributed by atoms with E-state index in [-0.39, 0.29) is 36.4 Å². The molecule has 0 aliphatic carbocycles. The summed E-state index contributed by atoms with van der Waals surface area (Å²) in [6, 6.07) is 38.7. The number of aromatic nitrogens is 4. The number of methoxy groups -OCH3 is 1. The van der Waals surface area contributed by atoms with Gasteiger partial charge in [0.1, 0.15) is 28.9 Å². The summed E-state index contributed by atoms with van der Waals surface area (Å²) < 4.78 is 20.6. The number of nitrogens with one attached hydrogen (secondary N) is 1. The van der Waals surface area contributed by atoms with Crippen molar-refractivity contribution < 1.29 is 23.8 Å². The minimum atomic E-state index is -0.632. The molecule has 74 heavy (non-hydrogen) atoms. The van der Waals surface area contributed by atoms with Crippen molar-refractivity contribution in [1.29, 1.82) is 0 Å². The lowest BCUT2D eigenvalue weighted by Crippen LogP contribution is -2.47. The molecular formula is C58H61ClN8O6S. The zero-order chi connectivity index (χ0) is 51.6. The number of fused-ring (bicyclic) bond motifs is 2. The fourth-order valence-electron chi connectivity index (χ4n) is 9.28. The number of carbonyl (C=O) groups excluding carboxylic acids is 2. The van der Waals surface area contributed by atoms with Crippen LogP contribution in [0.4, 0.5) is 0 Å². The zero-order valence-corrected chi connectivity index (χ0v) is 43.8. The number of carbonyl (C=O) groups is 2. The molecule has 1 fully saturated rings. The van der Waals surface area contributed by atoms with Crippen LogP contribution >= 0.6 is 22.9 Å². The number of para-hydroxylation sites is 2. The highest BCUT2D eigenvalue weighted by Gasteiger charge is 2.33. The van der Waals surface area contributed by atoms with E-state index in [1.165, 1.54) is 6.20 Å². The monoisotopic (exact) mass is 1030 g/mol. The van der Waals surface area contributed by atoms with Crippen LogP contribution in [0.2, 0.25) is 5.02 Å². The van der Waals surface area contributed by atoms with Gasteiger partial charge >= 0.3 is 0 Å². The number of hydrogen-bond donors (Lipinski definition) is 1. The van der Waals surface area contributed by atoms with Crippen LogP contribution in [0, 0.1) is 12.8 Å². The second-order valence-electron chi connectivity index (χ2n) is 18.7. The van der Waals surface area contributed by atoms with Crippen LogP contribution in [-0.2, 0) is 0 Å². The molecule has 1 saturated heterocycles. The number of piperazine rings is 1. The lowest BCUT2D eigenvalue weighted by atomic mass is 9.98. The maximum absolute atomic E-state index is 14.6. The van der Waals surface area contributed by atoms with Gasteiger partial charge in [-0.1, -0.05) is 73.5 Å². The van der Waals surface area contributed by atoms with Gasteiger partial charge in [0.15, 0.2) is 0 Å². The Morgan fingerprint density at radius 1 is 0.784 bits per heavy atom. The van der Waals surface area contributed by atoms with Gasteiger partial charge in [-0.15, -0.1) is 11.3 Å². The Kier molecular flexibility index (Phi) is 16.9. The lowest BCUT2D eigenvalue weighted by molar-refractivity contribution is 0.0604. The zero-order valence-electron chi connectivity index (χ0n) is 42.2. The van der Waals surface area contributed by atoms with Gasteiger partial charge in [-0.05, 0) is 105 Å². The van der Waals surface area contributed by atoms with E-state index in [0.717, 1.165) is 83.5 Å². The van der Waals surface area contributed by atoms with Gasteiger partial charge in [0.05, 0.1) is 57.7 Å². The third kappa shape index (κ3) is 12.4.